The topological polar surface area (TPSA) is 144 Å². The lowest BCUT2D eigenvalue weighted by Gasteiger charge is -2.15. The number of hydrogen-bond acceptors (Lipinski definition) is 7. The van der Waals surface area contributed by atoms with Crippen molar-refractivity contribution in [1.29, 1.82) is 0 Å². The number of amides is 2. The molecule has 34 heavy (non-hydrogen) atoms. The number of aromatic nitrogens is 2. The lowest BCUT2D eigenvalue weighted by molar-refractivity contribution is -0.138. The van der Waals surface area contributed by atoms with Crippen LogP contribution in [0.2, 0.25) is 0 Å². The molecule has 1 aliphatic carbocycles. The molecule has 2 aromatic carbocycles. The number of rotatable bonds is 8. The van der Waals surface area contributed by atoms with Crippen LogP contribution in [-0.4, -0.2) is 52.5 Å². The molecule has 1 heterocycles. The Morgan fingerprint density at radius 3 is 2.24 bits per heavy atom. The molecular weight excluding hydrogens is 454 g/mol. The molecule has 0 radical (unpaired) electrons. The molecule has 2 amide bonds. The second-order valence-electron chi connectivity index (χ2n) is 7.42. The van der Waals surface area contributed by atoms with Crippen molar-refractivity contribution in [2.75, 3.05) is 11.9 Å². The first-order chi connectivity index (χ1) is 16.3. The van der Waals surface area contributed by atoms with Crippen molar-refractivity contribution in [2.24, 2.45) is 0 Å². The first-order valence-corrected chi connectivity index (χ1v) is 10.1. The van der Waals surface area contributed by atoms with Gasteiger partial charge in [-0.1, -0.05) is 48.5 Å². The molecule has 4 rings (SSSR count). The SMILES string of the molecule is O=C(O)CC(NC(=O)c1nonc1NC(=O)OCC1c2ccccc2-c2ccccc21)C(F)F. The van der Waals surface area contributed by atoms with E-state index in [0.717, 1.165) is 22.3 Å². The third-order valence-electron chi connectivity index (χ3n) is 5.28. The largest absolute Gasteiger partial charge is 0.481 e. The molecule has 1 unspecified atom stereocenters. The van der Waals surface area contributed by atoms with Crippen molar-refractivity contribution in [3.8, 4) is 11.1 Å². The minimum Gasteiger partial charge on any atom is -0.481 e. The first-order valence-electron chi connectivity index (χ1n) is 10.1. The van der Waals surface area contributed by atoms with Crippen LogP contribution < -0.4 is 10.6 Å². The maximum absolute atomic E-state index is 13.0. The number of anilines is 1. The minimum absolute atomic E-state index is 0.0151. The number of carbonyl (C=O) groups is 3. The molecule has 3 aromatic rings. The molecule has 12 heteroatoms. The lowest BCUT2D eigenvalue weighted by atomic mass is 9.98. The number of alkyl halides is 2. The third kappa shape index (κ3) is 4.70. The highest BCUT2D eigenvalue weighted by molar-refractivity contribution is 5.99. The summed E-state index contributed by atoms with van der Waals surface area (Å²) in [6.07, 6.45) is -5.12. The number of carbonyl (C=O) groups excluding carboxylic acids is 2. The molecule has 0 spiro atoms. The fourth-order valence-electron chi connectivity index (χ4n) is 3.78. The molecular formula is C22H18F2N4O6. The van der Waals surface area contributed by atoms with Crippen molar-refractivity contribution in [2.45, 2.75) is 24.8 Å². The number of carboxylic acids is 1. The fraction of sp³-hybridized carbons (Fsp3) is 0.227. The Bertz CT molecular complexity index is 1190. The van der Waals surface area contributed by atoms with Crippen LogP contribution in [0.5, 0.6) is 0 Å². The van der Waals surface area contributed by atoms with Gasteiger partial charge in [0.1, 0.15) is 12.6 Å². The number of halogens is 2. The van der Waals surface area contributed by atoms with Crippen molar-refractivity contribution in [3.63, 3.8) is 0 Å². The minimum atomic E-state index is -3.14. The summed E-state index contributed by atoms with van der Waals surface area (Å²) in [5.41, 5.74) is 3.47. The molecule has 0 fully saturated rings. The maximum atomic E-state index is 13.0. The number of benzene rings is 2. The molecule has 0 bridgehead atoms. The second-order valence-corrected chi connectivity index (χ2v) is 7.42. The van der Waals surface area contributed by atoms with Gasteiger partial charge >= 0.3 is 12.1 Å². The van der Waals surface area contributed by atoms with E-state index in [4.69, 9.17) is 9.84 Å². The maximum Gasteiger partial charge on any atom is 0.412 e. The quantitative estimate of drug-likeness (QED) is 0.453. The van der Waals surface area contributed by atoms with E-state index in [1.807, 2.05) is 53.8 Å². The normalized spacial score (nSPS) is 13.1. The highest BCUT2D eigenvalue weighted by Gasteiger charge is 2.31. The van der Waals surface area contributed by atoms with E-state index in [2.05, 4.69) is 20.3 Å². The van der Waals surface area contributed by atoms with Gasteiger partial charge in [0.05, 0.1) is 6.42 Å². The number of aliphatic carboxylic acids is 1. The van der Waals surface area contributed by atoms with E-state index in [-0.39, 0.29) is 12.5 Å². The summed E-state index contributed by atoms with van der Waals surface area (Å²) in [5.74, 6) is -3.39. The van der Waals surface area contributed by atoms with Crippen LogP contribution in [0, 0.1) is 0 Å². The average molecular weight is 472 g/mol. The van der Waals surface area contributed by atoms with Gasteiger partial charge in [0, 0.05) is 5.92 Å². The van der Waals surface area contributed by atoms with Crippen LogP contribution in [0.15, 0.2) is 53.2 Å². The first kappa shape index (κ1) is 22.8. The number of carboxylic acid groups (broad SMARTS) is 1. The summed E-state index contributed by atoms with van der Waals surface area (Å²) in [6, 6.07) is 13.5. The number of hydrogen-bond donors (Lipinski definition) is 3. The predicted octanol–water partition coefficient (Wildman–Crippen LogP) is 3.27. The van der Waals surface area contributed by atoms with E-state index < -0.39 is 48.4 Å². The molecule has 1 aliphatic rings. The zero-order chi connectivity index (χ0) is 24.2. The number of ether oxygens (including phenoxy) is 1. The van der Waals surface area contributed by atoms with E-state index in [9.17, 15) is 23.2 Å². The standard InChI is InChI=1S/C22H18F2N4O6/c23-19(24)16(9-17(29)30)25-21(31)18-20(28-34-27-18)26-22(32)33-10-15-13-7-3-1-5-11(13)12-6-2-4-8-14(12)15/h1-8,15-16,19H,9-10H2,(H,25,31)(H,29,30)(H,26,28,32). The van der Waals surface area contributed by atoms with Crippen molar-refractivity contribution >= 4 is 23.8 Å². The van der Waals surface area contributed by atoms with E-state index in [0.29, 0.717) is 0 Å². The molecule has 0 aliphatic heterocycles. The van der Waals surface area contributed by atoms with Crippen LogP contribution in [0.25, 0.3) is 11.1 Å². The van der Waals surface area contributed by atoms with Gasteiger partial charge in [-0.25, -0.2) is 18.2 Å². The Hall–Kier alpha value is -4.35. The summed E-state index contributed by atoms with van der Waals surface area (Å²) in [5, 5.41) is 19.4. The molecule has 10 nitrogen and oxygen atoms in total. The van der Waals surface area contributed by atoms with E-state index in [1.165, 1.54) is 0 Å². The van der Waals surface area contributed by atoms with Gasteiger partial charge in [-0.2, -0.15) is 0 Å². The van der Waals surface area contributed by atoms with E-state index >= 15 is 0 Å². The Morgan fingerprint density at radius 2 is 1.65 bits per heavy atom. The molecule has 3 N–H and O–H groups in total. The average Bonchev–Trinajstić information content (AvgIpc) is 3.39. The monoisotopic (exact) mass is 472 g/mol. The van der Waals surface area contributed by atoms with Gasteiger partial charge in [0.15, 0.2) is 0 Å². The van der Waals surface area contributed by atoms with Crippen molar-refractivity contribution < 1.29 is 37.6 Å². The fourth-order valence-corrected chi connectivity index (χ4v) is 3.78. The zero-order valence-corrected chi connectivity index (χ0v) is 17.4. The molecule has 0 saturated carbocycles. The highest BCUT2D eigenvalue weighted by atomic mass is 19.3. The van der Waals surface area contributed by atoms with Crippen LogP contribution in [0.3, 0.4) is 0 Å². The number of nitrogens with one attached hydrogen (secondary N) is 2. The molecule has 1 atom stereocenters. The third-order valence-corrected chi connectivity index (χ3v) is 5.28. The summed E-state index contributed by atoms with van der Waals surface area (Å²) >= 11 is 0. The summed E-state index contributed by atoms with van der Waals surface area (Å²) < 4.78 is 35.8. The molecule has 0 saturated heterocycles. The predicted molar refractivity (Wildman–Crippen MR) is 113 cm³/mol. The van der Waals surface area contributed by atoms with Gasteiger partial charge in [0.25, 0.3) is 12.3 Å². The molecule has 176 valence electrons. The van der Waals surface area contributed by atoms with Crippen LogP contribution in [0.1, 0.15) is 34.0 Å². The summed E-state index contributed by atoms with van der Waals surface area (Å²) in [6.45, 7) is -0.0151. The van der Waals surface area contributed by atoms with Crippen LogP contribution in [0.4, 0.5) is 19.4 Å². The van der Waals surface area contributed by atoms with E-state index in [1.54, 1.807) is 0 Å². The smallest absolute Gasteiger partial charge is 0.412 e. The second kappa shape index (κ2) is 9.65. The highest BCUT2D eigenvalue weighted by Crippen LogP contribution is 2.44. The molecule has 1 aromatic heterocycles. The Morgan fingerprint density at radius 1 is 1.03 bits per heavy atom. The summed E-state index contributed by atoms with van der Waals surface area (Å²) in [7, 11) is 0. The summed E-state index contributed by atoms with van der Waals surface area (Å²) in [4.78, 5) is 35.3. The van der Waals surface area contributed by atoms with Gasteiger partial charge < -0.3 is 15.2 Å². The van der Waals surface area contributed by atoms with Gasteiger partial charge in [0.2, 0.25) is 11.5 Å². The van der Waals surface area contributed by atoms with Crippen molar-refractivity contribution in [3.05, 3.63) is 65.4 Å². The lowest BCUT2D eigenvalue weighted by Crippen LogP contribution is -2.41. The number of fused-ring (bicyclic) bond motifs is 3. The number of nitrogens with zero attached hydrogens (tertiary/aromatic N) is 2. The zero-order valence-electron chi connectivity index (χ0n) is 17.4. The van der Waals surface area contributed by atoms with Crippen LogP contribution in [-0.2, 0) is 9.53 Å². The van der Waals surface area contributed by atoms with Gasteiger partial charge in [-0.05, 0) is 32.6 Å². The Labute approximate surface area is 190 Å². The van der Waals surface area contributed by atoms with Crippen molar-refractivity contribution in [1.82, 2.24) is 15.6 Å². The van der Waals surface area contributed by atoms with Gasteiger partial charge in [-0.15, -0.1) is 0 Å². The Kier molecular flexibility index (Phi) is 6.48. The van der Waals surface area contributed by atoms with Crippen LogP contribution >= 0.6 is 0 Å². The Balaban J connectivity index is 1.41. The van der Waals surface area contributed by atoms with Gasteiger partial charge in [-0.3, -0.25) is 14.9 Å².